The lowest BCUT2D eigenvalue weighted by atomic mass is 10.1. The number of rotatable bonds is 8. The quantitative estimate of drug-likeness (QED) is 0.641. The van der Waals surface area contributed by atoms with Gasteiger partial charge in [0.2, 0.25) is 11.8 Å². The number of carbonyl (C=O) groups is 3. The molecule has 0 atom stereocenters. The van der Waals surface area contributed by atoms with Gasteiger partial charge in [0.25, 0.3) is 5.91 Å². The molecule has 8 heteroatoms. The van der Waals surface area contributed by atoms with Gasteiger partial charge in [0.15, 0.2) is 0 Å². The molecule has 132 valence electrons. The largest absolute Gasteiger partial charge is 0.365 e. The first-order valence-electron chi connectivity index (χ1n) is 8.11. The summed E-state index contributed by atoms with van der Waals surface area (Å²) in [6.45, 7) is 2.82. The molecule has 0 saturated heterocycles. The number of aryl methyl sites for hydroxylation is 1. The number of likely N-dealkylation sites (N-methyl/N-ethyl adjacent to an activating group) is 1. The maximum atomic E-state index is 12.2. The highest BCUT2D eigenvalue weighted by molar-refractivity contribution is 7.17. The van der Waals surface area contributed by atoms with E-state index in [0.29, 0.717) is 17.1 Å². The number of amides is 3. The predicted molar refractivity (Wildman–Crippen MR) is 94.3 cm³/mol. The number of hydrogen-bond donors (Lipinski definition) is 3. The molecule has 0 fully saturated rings. The van der Waals surface area contributed by atoms with Crippen LogP contribution in [0.1, 0.15) is 40.6 Å². The Hall–Kier alpha value is -1.93. The fraction of sp³-hybridized carbons (Fsp3) is 0.562. The van der Waals surface area contributed by atoms with E-state index in [9.17, 15) is 14.4 Å². The lowest BCUT2D eigenvalue weighted by molar-refractivity contribution is -0.122. The van der Waals surface area contributed by atoms with Gasteiger partial charge in [0.1, 0.15) is 5.00 Å². The van der Waals surface area contributed by atoms with Crippen LogP contribution in [0.15, 0.2) is 0 Å². The topological polar surface area (TPSA) is 105 Å². The zero-order valence-electron chi connectivity index (χ0n) is 14.1. The molecule has 4 N–H and O–H groups in total. The van der Waals surface area contributed by atoms with Crippen LogP contribution in [0.25, 0.3) is 0 Å². The van der Waals surface area contributed by atoms with Crippen LogP contribution < -0.4 is 16.4 Å². The maximum absolute atomic E-state index is 12.2. The second-order valence-corrected chi connectivity index (χ2v) is 7.10. The molecule has 1 aliphatic carbocycles. The average Bonchev–Trinajstić information content (AvgIpc) is 3.04. The second-order valence-electron chi connectivity index (χ2n) is 6.00. The first-order valence-corrected chi connectivity index (χ1v) is 8.93. The summed E-state index contributed by atoms with van der Waals surface area (Å²) in [6.07, 6.45) is 3.64. The van der Waals surface area contributed by atoms with E-state index in [4.69, 9.17) is 5.73 Å². The van der Waals surface area contributed by atoms with Gasteiger partial charge in [0.05, 0.1) is 18.7 Å². The Bertz CT molecular complexity index is 642. The third-order valence-corrected chi connectivity index (χ3v) is 5.03. The van der Waals surface area contributed by atoms with Gasteiger partial charge in [-0.3, -0.25) is 19.3 Å². The van der Waals surface area contributed by atoms with E-state index in [1.54, 1.807) is 11.9 Å². The van der Waals surface area contributed by atoms with Gasteiger partial charge in [-0.05, 0) is 38.3 Å². The summed E-state index contributed by atoms with van der Waals surface area (Å²) in [4.78, 5) is 38.3. The Morgan fingerprint density at radius 3 is 2.58 bits per heavy atom. The number of hydrogen-bond acceptors (Lipinski definition) is 5. The molecule has 1 heterocycles. The molecule has 0 unspecified atom stereocenters. The number of fused-ring (bicyclic) bond motifs is 1. The number of nitrogens with one attached hydrogen (secondary N) is 2. The molecule has 2 rings (SSSR count). The molecule has 0 aromatic carbocycles. The van der Waals surface area contributed by atoms with Crippen molar-refractivity contribution in [2.45, 2.75) is 32.6 Å². The van der Waals surface area contributed by atoms with Crippen LogP contribution in [0.4, 0.5) is 5.00 Å². The summed E-state index contributed by atoms with van der Waals surface area (Å²) in [5.74, 6) is -0.875. The number of thiophene rings is 1. The fourth-order valence-electron chi connectivity index (χ4n) is 2.79. The minimum absolute atomic E-state index is 0.0698. The molecule has 0 aliphatic heterocycles. The Kier molecular flexibility index (Phi) is 6.33. The Morgan fingerprint density at radius 1 is 1.21 bits per heavy atom. The molecule has 1 aliphatic rings. The van der Waals surface area contributed by atoms with Crippen molar-refractivity contribution in [1.29, 1.82) is 0 Å². The summed E-state index contributed by atoms with van der Waals surface area (Å²) < 4.78 is 0. The van der Waals surface area contributed by atoms with Gasteiger partial charge in [-0.1, -0.05) is 6.92 Å². The van der Waals surface area contributed by atoms with Crippen LogP contribution in [0.5, 0.6) is 0 Å². The van der Waals surface area contributed by atoms with E-state index < -0.39 is 5.91 Å². The smallest absolute Gasteiger partial charge is 0.251 e. The molecule has 0 radical (unpaired) electrons. The van der Waals surface area contributed by atoms with Crippen LogP contribution in [0, 0.1) is 0 Å². The van der Waals surface area contributed by atoms with E-state index in [1.807, 2.05) is 6.92 Å². The van der Waals surface area contributed by atoms with E-state index in [2.05, 4.69) is 10.6 Å². The number of primary amides is 1. The van der Waals surface area contributed by atoms with Gasteiger partial charge in [0, 0.05) is 11.4 Å². The number of anilines is 1. The molecule has 0 spiro atoms. The van der Waals surface area contributed by atoms with E-state index in [1.165, 1.54) is 11.3 Å². The predicted octanol–water partition coefficient (Wildman–Crippen LogP) is 0.732. The lowest BCUT2D eigenvalue weighted by Gasteiger charge is -2.15. The third kappa shape index (κ3) is 4.55. The fourth-order valence-corrected chi connectivity index (χ4v) is 4.10. The minimum Gasteiger partial charge on any atom is -0.365 e. The number of nitrogens with zero attached hydrogens (tertiary/aromatic N) is 1. The van der Waals surface area contributed by atoms with Crippen LogP contribution in [0.3, 0.4) is 0 Å². The zero-order valence-corrected chi connectivity index (χ0v) is 14.9. The Balaban J connectivity index is 1.93. The van der Waals surface area contributed by atoms with Crippen LogP contribution in [-0.2, 0) is 22.4 Å². The molecule has 0 bridgehead atoms. The molecule has 7 nitrogen and oxygen atoms in total. The maximum Gasteiger partial charge on any atom is 0.251 e. The van der Waals surface area contributed by atoms with Gasteiger partial charge in [-0.2, -0.15) is 0 Å². The van der Waals surface area contributed by atoms with E-state index in [0.717, 1.165) is 36.1 Å². The van der Waals surface area contributed by atoms with Crippen molar-refractivity contribution < 1.29 is 14.4 Å². The van der Waals surface area contributed by atoms with Crippen molar-refractivity contribution in [2.75, 3.05) is 32.0 Å². The van der Waals surface area contributed by atoms with Crippen molar-refractivity contribution >= 4 is 34.1 Å². The summed E-state index contributed by atoms with van der Waals surface area (Å²) in [7, 11) is 1.70. The first-order chi connectivity index (χ1) is 11.4. The second kappa shape index (κ2) is 8.25. The Labute approximate surface area is 145 Å². The van der Waals surface area contributed by atoms with E-state index in [-0.39, 0.29) is 24.9 Å². The van der Waals surface area contributed by atoms with Crippen LogP contribution in [-0.4, -0.2) is 49.3 Å². The van der Waals surface area contributed by atoms with Gasteiger partial charge in [-0.15, -0.1) is 11.3 Å². The number of nitrogens with two attached hydrogens (primary N) is 1. The summed E-state index contributed by atoms with van der Waals surface area (Å²) >= 11 is 1.43. The molecule has 0 saturated carbocycles. The summed E-state index contributed by atoms with van der Waals surface area (Å²) in [6, 6.07) is 0. The average molecular weight is 352 g/mol. The lowest BCUT2D eigenvalue weighted by Crippen LogP contribution is -2.39. The highest BCUT2D eigenvalue weighted by atomic mass is 32.1. The number of carbonyl (C=O) groups excluding carboxylic acids is 3. The Morgan fingerprint density at radius 2 is 1.92 bits per heavy atom. The van der Waals surface area contributed by atoms with Crippen LogP contribution >= 0.6 is 11.3 Å². The summed E-state index contributed by atoms with van der Waals surface area (Å²) in [5, 5.41) is 6.07. The standard InChI is InChI=1S/C16H24N4O3S/c1-3-7-18-12(21)8-20(2)9-13(22)19-16-14(15(17)23)10-5-4-6-11(10)24-16/h3-9H2,1-2H3,(H2,17,23)(H,18,21)(H,19,22). The van der Waals surface area contributed by atoms with Crippen LogP contribution in [0.2, 0.25) is 0 Å². The molecule has 3 amide bonds. The van der Waals surface area contributed by atoms with Gasteiger partial charge >= 0.3 is 0 Å². The van der Waals surface area contributed by atoms with Crippen molar-refractivity contribution in [2.24, 2.45) is 5.73 Å². The molecule has 24 heavy (non-hydrogen) atoms. The monoisotopic (exact) mass is 352 g/mol. The highest BCUT2D eigenvalue weighted by Crippen LogP contribution is 2.38. The van der Waals surface area contributed by atoms with E-state index >= 15 is 0 Å². The van der Waals surface area contributed by atoms with Gasteiger partial charge < -0.3 is 16.4 Å². The third-order valence-electron chi connectivity index (χ3n) is 3.82. The zero-order chi connectivity index (χ0) is 17.7. The highest BCUT2D eigenvalue weighted by Gasteiger charge is 2.26. The van der Waals surface area contributed by atoms with Gasteiger partial charge in [-0.25, -0.2) is 0 Å². The normalized spacial score (nSPS) is 13.0. The molecule has 1 aromatic rings. The molecular formula is C16H24N4O3S. The SMILES string of the molecule is CCCNC(=O)CN(C)CC(=O)Nc1sc2c(c1C(N)=O)CCC2. The van der Waals surface area contributed by atoms with Crippen molar-refractivity contribution in [3.05, 3.63) is 16.0 Å². The molecular weight excluding hydrogens is 328 g/mol. The minimum atomic E-state index is -0.503. The molecule has 1 aromatic heterocycles. The summed E-state index contributed by atoms with van der Waals surface area (Å²) in [5.41, 5.74) is 6.90. The first kappa shape index (κ1) is 18.4. The van der Waals surface area contributed by atoms with Crippen molar-refractivity contribution in [3.8, 4) is 0 Å². The van der Waals surface area contributed by atoms with Crippen molar-refractivity contribution in [1.82, 2.24) is 10.2 Å². The van der Waals surface area contributed by atoms with Crippen molar-refractivity contribution in [3.63, 3.8) is 0 Å².